The zero-order valence-electron chi connectivity index (χ0n) is 10.3. The molecule has 1 aromatic heterocycles. The lowest BCUT2D eigenvalue weighted by Crippen LogP contribution is -2.26. The Balaban J connectivity index is 1.90. The number of hydrogen-bond acceptors (Lipinski definition) is 3. The van der Waals surface area contributed by atoms with Crippen molar-refractivity contribution in [2.24, 2.45) is 0 Å². The molecule has 0 bridgehead atoms. The van der Waals surface area contributed by atoms with Crippen LogP contribution in [-0.4, -0.2) is 35.6 Å². The van der Waals surface area contributed by atoms with Crippen molar-refractivity contribution in [1.29, 1.82) is 0 Å². The second kappa shape index (κ2) is 6.22. The van der Waals surface area contributed by atoms with Crippen LogP contribution in [0, 0.1) is 0 Å². The van der Waals surface area contributed by atoms with Crippen molar-refractivity contribution in [3.05, 3.63) is 23.5 Å². The third-order valence-corrected chi connectivity index (χ3v) is 3.57. The van der Waals surface area contributed by atoms with E-state index in [1.165, 1.54) is 32.4 Å². The fourth-order valence-corrected chi connectivity index (χ4v) is 2.52. The standard InChI is InChI=1S/C13H20ClN3/c1-2-17-8-3-4-11(6-9-17)16-12-5-7-15-13(14)10-12/h5,7,10-11H,2-4,6,8-9H2,1H3,(H,15,16). The molecule has 0 radical (unpaired) electrons. The number of aromatic nitrogens is 1. The maximum absolute atomic E-state index is 5.88. The summed E-state index contributed by atoms with van der Waals surface area (Å²) in [5.74, 6) is 0. The minimum Gasteiger partial charge on any atom is -0.382 e. The van der Waals surface area contributed by atoms with E-state index in [1.807, 2.05) is 12.1 Å². The maximum Gasteiger partial charge on any atom is 0.131 e. The molecule has 0 spiro atoms. The predicted molar refractivity (Wildman–Crippen MR) is 72.6 cm³/mol. The summed E-state index contributed by atoms with van der Waals surface area (Å²) < 4.78 is 0. The Labute approximate surface area is 108 Å². The summed E-state index contributed by atoms with van der Waals surface area (Å²) in [6.45, 7) is 5.81. The Bertz CT molecular complexity index is 356. The van der Waals surface area contributed by atoms with Gasteiger partial charge in [-0.1, -0.05) is 18.5 Å². The van der Waals surface area contributed by atoms with Crippen LogP contribution in [0.3, 0.4) is 0 Å². The van der Waals surface area contributed by atoms with Crippen LogP contribution in [0.1, 0.15) is 26.2 Å². The molecule has 1 unspecified atom stereocenters. The smallest absolute Gasteiger partial charge is 0.131 e. The Morgan fingerprint density at radius 3 is 3.12 bits per heavy atom. The summed E-state index contributed by atoms with van der Waals surface area (Å²) in [5, 5.41) is 4.11. The second-order valence-corrected chi connectivity index (χ2v) is 4.96. The van der Waals surface area contributed by atoms with Gasteiger partial charge in [0.25, 0.3) is 0 Å². The van der Waals surface area contributed by atoms with Gasteiger partial charge in [0.05, 0.1) is 0 Å². The van der Waals surface area contributed by atoms with Gasteiger partial charge in [-0.15, -0.1) is 0 Å². The van der Waals surface area contributed by atoms with E-state index in [9.17, 15) is 0 Å². The van der Waals surface area contributed by atoms with E-state index in [-0.39, 0.29) is 0 Å². The lowest BCUT2D eigenvalue weighted by atomic mass is 10.1. The van der Waals surface area contributed by atoms with Gasteiger partial charge in [0.2, 0.25) is 0 Å². The van der Waals surface area contributed by atoms with Crippen molar-refractivity contribution < 1.29 is 0 Å². The summed E-state index contributed by atoms with van der Waals surface area (Å²) in [4.78, 5) is 6.51. The maximum atomic E-state index is 5.88. The highest BCUT2D eigenvalue weighted by Crippen LogP contribution is 2.18. The molecular weight excluding hydrogens is 234 g/mol. The molecule has 4 heteroatoms. The van der Waals surface area contributed by atoms with Crippen molar-refractivity contribution in [2.45, 2.75) is 32.2 Å². The third kappa shape index (κ3) is 3.86. The molecule has 1 fully saturated rings. The molecule has 94 valence electrons. The summed E-state index contributed by atoms with van der Waals surface area (Å²) in [5.41, 5.74) is 1.08. The van der Waals surface area contributed by atoms with Gasteiger partial charge in [-0.05, 0) is 44.5 Å². The molecule has 0 saturated carbocycles. The minimum atomic E-state index is 0.554. The normalized spacial score (nSPS) is 22.1. The summed E-state index contributed by atoms with van der Waals surface area (Å²) in [6, 6.07) is 4.43. The molecule has 1 saturated heterocycles. The Hall–Kier alpha value is -0.800. The molecule has 1 atom stereocenters. The molecule has 1 N–H and O–H groups in total. The van der Waals surface area contributed by atoms with Gasteiger partial charge in [-0.25, -0.2) is 4.98 Å². The molecule has 17 heavy (non-hydrogen) atoms. The number of rotatable bonds is 3. The molecule has 1 aliphatic heterocycles. The number of anilines is 1. The van der Waals surface area contributed by atoms with Crippen molar-refractivity contribution in [3.8, 4) is 0 Å². The molecule has 0 amide bonds. The molecule has 2 heterocycles. The van der Waals surface area contributed by atoms with Crippen molar-refractivity contribution in [2.75, 3.05) is 25.0 Å². The molecule has 0 aliphatic carbocycles. The van der Waals surface area contributed by atoms with Crippen LogP contribution in [0.15, 0.2) is 18.3 Å². The minimum absolute atomic E-state index is 0.554. The number of likely N-dealkylation sites (tertiary alicyclic amines) is 1. The van der Waals surface area contributed by atoms with Crippen LogP contribution in [0.2, 0.25) is 5.15 Å². The van der Waals surface area contributed by atoms with Crippen molar-refractivity contribution in [3.63, 3.8) is 0 Å². The topological polar surface area (TPSA) is 28.2 Å². The van der Waals surface area contributed by atoms with Crippen LogP contribution in [0.25, 0.3) is 0 Å². The van der Waals surface area contributed by atoms with Gasteiger partial charge in [-0.3, -0.25) is 0 Å². The molecule has 1 aliphatic rings. The van der Waals surface area contributed by atoms with Gasteiger partial charge in [0.15, 0.2) is 0 Å². The van der Waals surface area contributed by atoms with E-state index in [0.717, 1.165) is 12.2 Å². The van der Waals surface area contributed by atoms with Crippen LogP contribution in [0.5, 0.6) is 0 Å². The molecule has 3 nitrogen and oxygen atoms in total. The predicted octanol–water partition coefficient (Wildman–Crippen LogP) is 3.02. The van der Waals surface area contributed by atoms with E-state index < -0.39 is 0 Å². The lowest BCUT2D eigenvalue weighted by Gasteiger charge is -2.19. The molecule has 0 aromatic carbocycles. The first kappa shape index (κ1) is 12.7. The van der Waals surface area contributed by atoms with E-state index in [0.29, 0.717) is 11.2 Å². The lowest BCUT2D eigenvalue weighted by molar-refractivity contribution is 0.300. The van der Waals surface area contributed by atoms with Crippen molar-refractivity contribution in [1.82, 2.24) is 9.88 Å². The summed E-state index contributed by atoms with van der Waals surface area (Å²) in [6.07, 6.45) is 5.45. The third-order valence-electron chi connectivity index (χ3n) is 3.37. The van der Waals surface area contributed by atoms with Crippen LogP contribution >= 0.6 is 11.6 Å². The average molecular weight is 254 g/mol. The number of pyridine rings is 1. The van der Waals surface area contributed by atoms with E-state index >= 15 is 0 Å². The Morgan fingerprint density at radius 1 is 1.47 bits per heavy atom. The monoisotopic (exact) mass is 253 g/mol. The van der Waals surface area contributed by atoms with E-state index in [4.69, 9.17) is 11.6 Å². The Morgan fingerprint density at radius 2 is 2.35 bits per heavy atom. The quantitative estimate of drug-likeness (QED) is 0.840. The first-order valence-corrected chi connectivity index (χ1v) is 6.76. The summed E-state index contributed by atoms with van der Waals surface area (Å²) in [7, 11) is 0. The zero-order valence-corrected chi connectivity index (χ0v) is 11.1. The van der Waals surface area contributed by atoms with Crippen LogP contribution in [-0.2, 0) is 0 Å². The number of nitrogens with zero attached hydrogens (tertiary/aromatic N) is 2. The molecular formula is C13H20ClN3. The zero-order chi connectivity index (χ0) is 12.1. The van der Waals surface area contributed by atoms with Gasteiger partial charge in [0.1, 0.15) is 5.15 Å². The number of hydrogen-bond donors (Lipinski definition) is 1. The highest BCUT2D eigenvalue weighted by Gasteiger charge is 2.15. The fourth-order valence-electron chi connectivity index (χ4n) is 2.34. The SMILES string of the molecule is CCN1CCCC(Nc2ccnc(Cl)c2)CC1. The fraction of sp³-hybridized carbons (Fsp3) is 0.615. The van der Waals surface area contributed by atoms with E-state index in [2.05, 4.69) is 22.1 Å². The summed E-state index contributed by atoms with van der Waals surface area (Å²) >= 11 is 5.88. The second-order valence-electron chi connectivity index (χ2n) is 4.57. The van der Waals surface area contributed by atoms with Gasteiger partial charge < -0.3 is 10.2 Å². The van der Waals surface area contributed by atoms with Gasteiger partial charge >= 0.3 is 0 Å². The Kier molecular flexibility index (Phi) is 4.63. The largest absolute Gasteiger partial charge is 0.382 e. The highest BCUT2D eigenvalue weighted by atomic mass is 35.5. The first-order valence-electron chi connectivity index (χ1n) is 6.38. The molecule has 2 rings (SSSR count). The van der Waals surface area contributed by atoms with E-state index in [1.54, 1.807) is 6.20 Å². The molecule has 1 aromatic rings. The van der Waals surface area contributed by atoms with Crippen molar-refractivity contribution >= 4 is 17.3 Å². The average Bonchev–Trinajstić information content (AvgIpc) is 2.54. The number of nitrogens with one attached hydrogen (secondary N) is 1. The van der Waals surface area contributed by atoms with Gasteiger partial charge in [-0.2, -0.15) is 0 Å². The van der Waals surface area contributed by atoms with Crippen LogP contribution in [0.4, 0.5) is 5.69 Å². The number of halogens is 1. The van der Waals surface area contributed by atoms with Gasteiger partial charge in [0, 0.05) is 24.5 Å². The van der Waals surface area contributed by atoms with Crippen LogP contribution < -0.4 is 5.32 Å². The first-order chi connectivity index (χ1) is 8.28. The highest BCUT2D eigenvalue weighted by molar-refractivity contribution is 6.29.